The Bertz CT molecular complexity index is 1270. The molecule has 1 aromatic rings. The van der Waals surface area contributed by atoms with Crippen LogP contribution >= 0.6 is 23.5 Å². The van der Waals surface area contributed by atoms with Gasteiger partial charge in [-0.1, -0.05) is 40.0 Å². The van der Waals surface area contributed by atoms with Gasteiger partial charge >= 0.3 is 5.97 Å². The summed E-state index contributed by atoms with van der Waals surface area (Å²) in [7, 11) is 1.34. The standard InChI is InChI=1S/C33H49N3O6S2/c1-19-20(2)34-27(26(19)21(3)37)25(38)16-23(22-12-9-8-10-13-22)29(39)35-28(32(4,5)6)30(40)36-18-33(43-14-11-15-44-33)17-24(36)31(41)42-7/h22-24,28,34H,8-18H2,1-7H3,(H,35,39)/t23-,24-,28+/m0/s1. The van der Waals surface area contributed by atoms with E-state index in [1.165, 1.54) is 14.0 Å². The topological polar surface area (TPSA) is 126 Å². The Kier molecular flexibility index (Phi) is 11.0. The number of thioether (sulfide) groups is 2. The molecule has 44 heavy (non-hydrogen) atoms. The molecule has 4 rings (SSSR count). The highest BCUT2D eigenvalue weighted by molar-refractivity contribution is 8.18. The largest absolute Gasteiger partial charge is 0.467 e. The lowest BCUT2D eigenvalue weighted by Crippen LogP contribution is -2.58. The Morgan fingerprint density at radius 2 is 1.68 bits per heavy atom. The van der Waals surface area contributed by atoms with Gasteiger partial charge in [0.25, 0.3) is 0 Å². The van der Waals surface area contributed by atoms with Crippen LogP contribution in [0.4, 0.5) is 0 Å². The number of hydrogen-bond acceptors (Lipinski definition) is 8. The van der Waals surface area contributed by atoms with E-state index in [1.54, 1.807) is 28.4 Å². The van der Waals surface area contributed by atoms with Crippen molar-refractivity contribution in [3.63, 3.8) is 0 Å². The van der Waals surface area contributed by atoms with E-state index in [1.807, 2.05) is 34.6 Å². The average molecular weight is 648 g/mol. The lowest BCUT2D eigenvalue weighted by molar-refractivity contribution is -0.153. The van der Waals surface area contributed by atoms with Crippen LogP contribution in [0.15, 0.2) is 0 Å². The van der Waals surface area contributed by atoms with E-state index >= 15 is 0 Å². The van der Waals surface area contributed by atoms with Crippen LogP contribution in [0.1, 0.15) is 111 Å². The number of aromatic nitrogens is 1. The number of nitrogens with zero attached hydrogens (tertiary/aromatic N) is 1. The predicted molar refractivity (Wildman–Crippen MR) is 175 cm³/mol. The zero-order valence-electron chi connectivity index (χ0n) is 27.3. The van der Waals surface area contributed by atoms with Crippen molar-refractivity contribution in [3.8, 4) is 0 Å². The van der Waals surface area contributed by atoms with Gasteiger partial charge in [-0.25, -0.2) is 4.79 Å². The number of likely N-dealkylation sites (tertiary alicyclic amines) is 1. The molecule has 3 atom stereocenters. The minimum Gasteiger partial charge on any atom is -0.467 e. The molecule has 2 saturated heterocycles. The zero-order chi connectivity index (χ0) is 32.4. The van der Waals surface area contributed by atoms with Crippen molar-refractivity contribution >= 4 is 52.9 Å². The maximum Gasteiger partial charge on any atom is 0.328 e. The van der Waals surface area contributed by atoms with Gasteiger partial charge < -0.3 is 19.9 Å². The number of esters is 1. The van der Waals surface area contributed by atoms with Gasteiger partial charge in [0, 0.05) is 36.6 Å². The molecule has 1 aromatic heterocycles. The molecule has 0 unspecified atom stereocenters. The van der Waals surface area contributed by atoms with Crippen LogP contribution in [-0.2, 0) is 19.1 Å². The molecule has 1 aliphatic carbocycles. The number of nitrogens with one attached hydrogen (secondary N) is 2. The first kappa shape index (κ1) is 34.6. The second kappa shape index (κ2) is 14.0. The highest BCUT2D eigenvalue weighted by Crippen LogP contribution is 2.51. The summed E-state index contributed by atoms with van der Waals surface area (Å²) in [5.41, 5.74) is 1.49. The lowest BCUT2D eigenvalue weighted by Gasteiger charge is -2.37. The molecule has 3 fully saturated rings. The van der Waals surface area contributed by atoms with Crippen LogP contribution in [0.2, 0.25) is 0 Å². The van der Waals surface area contributed by atoms with E-state index in [2.05, 4.69) is 10.3 Å². The molecule has 3 aliphatic rings. The van der Waals surface area contributed by atoms with Gasteiger partial charge in [0.2, 0.25) is 11.8 Å². The number of Topliss-reactive ketones (excluding diaryl/α,β-unsaturated/α-hetero) is 2. The monoisotopic (exact) mass is 647 g/mol. The molecule has 244 valence electrons. The number of ether oxygens (including phenoxy) is 1. The summed E-state index contributed by atoms with van der Waals surface area (Å²) in [5, 5.41) is 3.09. The number of rotatable bonds is 9. The molecule has 1 spiro atoms. The van der Waals surface area contributed by atoms with Gasteiger partial charge in [0.15, 0.2) is 11.6 Å². The first-order chi connectivity index (χ1) is 20.7. The third-order valence-electron chi connectivity index (χ3n) is 9.56. The molecule has 0 radical (unpaired) electrons. The highest BCUT2D eigenvalue weighted by Gasteiger charge is 2.53. The van der Waals surface area contributed by atoms with Crippen molar-refractivity contribution in [2.24, 2.45) is 17.3 Å². The van der Waals surface area contributed by atoms with E-state index in [-0.39, 0.29) is 45.5 Å². The number of aromatic amines is 1. The predicted octanol–water partition coefficient (Wildman–Crippen LogP) is 5.47. The van der Waals surface area contributed by atoms with Gasteiger partial charge in [-0.3, -0.25) is 19.2 Å². The van der Waals surface area contributed by atoms with Crippen LogP contribution in [0.3, 0.4) is 0 Å². The third kappa shape index (κ3) is 7.40. The fraction of sp³-hybridized carbons (Fsp3) is 0.727. The van der Waals surface area contributed by atoms with Crippen LogP contribution in [0, 0.1) is 31.1 Å². The molecule has 1 saturated carbocycles. The van der Waals surface area contributed by atoms with Crippen molar-refractivity contribution in [1.82, 2.24) is 15.2 Å². The molecular weight excluding hydrogens is 599 g/mol. The normalized spacial score (nSPS) is 22.0. The molecule has 0 aromatic carbocycles. The summed E-state index contributed by atoms with van der Waals surface area (Å²) >= 11 is 3.61. The maximum absolute atomic E-state index is 14.4. The fourth-order valence-electron chi connectivity index (χ4n) is 6.99. The molecule has 2 N–H and O–H groups in total. The van der Waals surface area contributed by atoms with Crippen molar-refractivity contribution < 1.29 is 28.7 Å². The number of H-pyrrole nitrogens is 1. The van der Waals surface area contributed by atoms with E-state index in [9.17, 15) is 24.0 Å². The summed E-state index contributed by atoms with van der Waals surface area (Å²) in [6.07, 6.45) is 6.26. The van der Waals surface area contributed by atoms with E-state index in [0.717, 1.165) is 61.3 Å². The smallest absolute Gasteiger partial charge is 0.328 e. The summed E-state index contributed by atoms with van der Waals surface area (Å²) in [6, 6.07) is -1.62. The number of amides is 2. The Morgan fingerprint density at radius 1 is 1.05 bits per heavy atom. The minimum atomic E-state index is -0.903. The first-order valence-corrected chi connectivity index (χ1v) is 17.9. The Hall–Kier alpha value is -2.27. The van der Waals surface area contributed by atoms with Crippen LogP contribution in [0.5, 0.6) is 0 Å². The van der Waals surface area contributed by atoms with Crippen LogP contribution in [-0.4, -0.2) is 80.6 Å². The number of ketones is 2. The Morgan fingerprint density at radius 3 is 2.25 bits per heavy atom. The number of aryl methyl sites for hydroxylation is 1. The second-order valence-electron chi connectivity index (χ2n) is 13.8. The molecular formula is C33H49N3O6S2. The molecule has 3 heterocycles. The van der Waals surface area contributed by atoms with Crippen molar-refractivity contribution in [3.05, 3.63) is 22.5 Å². The number of methoxy groups -OCH3 is 1. The summed E-state index contributed by atoms with van der Waals surface area (Å²) in [5.74, 6) is -0.218. The number of carbonyl (C=O) groups is 5. The zero-order valence-corrected chi connectivity index (χ0v) is 28.9. The van der Waals surface area contributed by atoms with E-state index in [4.69, 9.17) is 4.74 Å². The molecule has 11 heteroatoms. The van der Waals surface area contributed by atoms with Crippen molar-refractivity contribution in [1.29, 1.82) is 0 Å². The van der Waals surface area contributed by atoms with Crippen molar-refractivity contribution in [2.45, 2.75) is 109 Å². The molecule has 2 amide bonds. The SMILES string of the molecule is COC(=O)[C@@H]1CC2(CN1C(=O)[C@@H](NC(=O)[C@@H](CC(=O)c1[nH]c(C)c(C)c1C(C)=O)C1CCCCC1)C(C)(C)C)SCCCS2. The van der Waals surface area contributed by atoms with Gasteiger partial charge in [-0.2, -0.15) is 0 Å². The van der Waals surface area contributed by atoms with Gasteiger partial charge in [-0.15, -0.1) is 23.5 Å². The van der Waals surface area contributed by atoms with Gasteiger partial charge in [0.1, 0.15) is 12.1 Å². The van der Waals surface area contributed by atoms with Gasteiger partial charge in [-0.05, 0) is 68.4 Å². The first-order valence-electron chi connectivity index (χ1n) is 15.9. The molecule has 0 bridgehead atoms. The summed E-state index contributed by atoms with van der Waals surface area (Å²) < 4.78 is 4.86. The highest BCUT2D eigenvalue weighted by atomic mass is 32.2. The van der Waals surface area contributed by atoms with Gasteiger partial charge in [0.05, 0.1) is 16.9 Å². The number of hydrogen-bond donors (Lipinski definition) is 2. The summed E-state index contributed by atoms with van der Waals surface area (Å²) in [6.45, 7) is 11.2. The Balaban J connectivity index is 1.62. The second-order valence-corrected chi connectivity index (χ2v) is 17.0. The quantitative estimate of drug-likeness (QED) is 0.267. The van der Waals surface area contributed by atoms with Crippen LogP contribution < -0.4 is 5.32 Å². The van der Waals surface area contributed by atoms with E-state index in [0.29, 0.717) is 18.5 Å². The molecule has 9 nitrogen and oxygen atoms in total. The van der Waals surface area contributed by atoms with Crippen molar-refractivity contribution in [2.75, 3.05) is 25.2 Å². The Labute approximate surface area is 270 Å². The summed E-state index contributed by atoms with van der Waals surface area (Å²) in [4.78, 5) is 72.5. The average Bonchev–Trinajstić information content (AvgIpc) is 3.50. The third-order valence-corrected chi connectivity index (χ3v) is 12.9. The van der Waals surface area contributed by atoms with E-state index < -0.39 is 29.4 Å². The minimum absolute atomic E-state index is 0.00531. The maximum atomic E-state index is 14.4. The van der Waals surface area contributed by atoms with Crippen LogP contribution in [0.25, 0.3) is 0 Å². The number of carbonyl (C=O) groups excluding carboxylic acids is 5. The lowest BCUT2D eigenvalue weighted by atomic mass is 9.76. The fourth-order valence-corrected chi connectivity index (χ4v) is 10.3. The molecule has 2 aliphatic heterocycles.